The fourth-order valence-electron chi connectivity index (χ4n) is 5.95. The number of fused-ring (bicyclic) bond motifs is 6. The van der Waals surface area contributed by atoms with Crippen LogP contribution in [0.4, 0.5) is 0 Å². The highest BCUT2D eigenvalue weighted by atomic mass is 16.1. The van der Waals surface area contributed by atoms with E-state index in [1.54, 1.807) is 0 Å². The van der Waals surface area contributed by atoms with Crippen LogP contribution in [-0.2, 0) is 6.42 Å². The lowest BCUT2D eigenvalue weighted by molar-refractivity contribution is 0.0965. The normalized spacial score (nSPS) is 15.3. The van der Waals surface area contributed by atoms with Crippen LogP contribution < -0.4 is 0 Å². The minimum Gasteiger partial charge on any atom is -0.295 e. The van der Waals surface area contributed by atoms with E-state index in [0.717, 1.165) is 62.2 Å². The molecule has 1 aliphatic carbocycles. The van der Waals surface area contributed by atoms with Gasteiger partial charge in [0, 0.05) is 34.2 Å². The average molecular weight is 479 g/mol. The number of nitrogens with zero attached hydrogens (tertiary/aromatic N) is 2. The van der Waals surface area contributed by atoms with Gasteiger partial charge in [-0.15, -0.1) is 0 Å². The number of hydrogen-bond acceptors (Lipinski definition) is 2. The standard InChI is InChI=1S/C34H26N2O/c1-22-17-18-27-28(19-22)31-29(20-26(21-30(31)37)23-11-5-2-6-12-23)36-33(25-15-9-4-10-16-25)32(35-34(27)36)24-13-7-3-8-14-24/h2-19,26H,20-21H2,1H3. The molecule has 178 valence electrons. The lowest BCUT2D eigenvalue weighted by atomic mass is 9.80. The van der Waals surface area contributed by atoms with Crippen molar-refractivity contribution in [1.29, 1.82) is 0 Å². The maximum atomic E-state index is 13.9. The van der Waals surface area contributed by atoms with E-state index in [1.165, 1.54) is 5.56 Å². The molecule has 1 aliphatic rings. The summed E-state index contributed by atoms with van der Waals surface area (Å²) < 4.78 is 2.29. The molecule has 3 heteroatoms. The molecule has 0 saturated carbocycles. The summed E-state index contributed by atoms with van der Waals surface area (Å²) in [5.74, 6) is 0.347. The molecule has 0 spiro atoms. The van der Waals surface area contributed by atoms with Crippen LogP contribution in [0.25, 0.3) is 38.9 Å². The van der Waals surface area contributed by atoms with E-state index in [-0.39, 0.29) is 11.7 Å². The second-order valence-corrected chi connectivity index (χ2v) is 10.0. The van der Waals surface area contributed by atoms with E-state index < -0.39 is 0 Å². The number of pyridine rings is 1. The summed E-state index contributed by atoms with van der Waals surface area (Å²) >= 11 is 0. The Hall–Kier alpha value is -4.50. The summed E-state index contributed by atoms with van der Waals surface area (Å²) in [6.07, 6.45) is 1.31. The van der Waals surface area contributed by atoms with Crippen molar-refractivity contribution < 1.29 is 4.79 Å². The van der Waals surface area contributed by atoms with Crippen LogP contribution in [0.15, 0.2) is 109 Å². The van der Waals surface area contributed by atoms with Gasteiger partial charge in [-0.25, -0.2) is 4.98 Å². The van der Waals surface area contributed by atoms with E-state index in [9.17, 15) is 4.79 Å². The van der Waals surface area contributed by atoms with Gasteiger partial charge in [0.15, 0.2) is 5.78 Å². The van der Waals surface area contributed by atoms with Gasteiger partial charge >= 0.3 is 0 Å². The van der Waals surface area contributed by atoms with Gasteiger partial charge in [-0.3, -0.25) is 9.20 Å². The molecule has 4 aromatic carbocycles. The Bertz CT molecular complexity index is 1780. The minimum absolute atomic E-state index is 0.137. The third kappa shape index (κ3) is 3.50. The molecule has 0 N–H and O–H groups in total. The summed E-state index contributed by atoms with van der Waals surface area (Å²) in [4.78, 5) is 19.2. The average Bonchev–Trinajstić information content (AvgIpc) is 3.35. The number of hydrogen-bond donors (Lipinski definition) is 0. The van der Waals surface area contributed by atoms with Crippen LogP contribution in [0.5, 0.6) is 0 Å². The third-order valence-electron chi connectivity index (χ3n) is 7.64. The summed E-state index contributed by atoms with van der Waals surface area (Å²) in [6, 6.07) is 37.7. The zero-order valence-corrected chi connectivity index (χ0v) is 20.7. The number of aromatic nitrogens is 2. The Morgan fingerprint density at radius 2 is 1.38 bits per heavy atom. The van der Waals surface area contributed by atoms with Crippen molar-refractivity contribution in [2.75, 3.05) is 0 Å². The number of rotatable bonds is 3. The monoisotopic (exact) mass is 478 g/mol. The highest BCUT2D eigenvalue weighted by molar-refractivity contribution is 6.14. The number of carbonyl (C=O) groups excluding carboxylic acids is 1. The molecular formula is C34H26N2O. The summed E-state index contributed by atoms with van der Waals surface area (Å²) in [5.41, 5.74) is 9.34. The van der Waals surface area contributed by atoms with Gasteiger partial charge in [-0.05, 0) is 30.2 Å². The molecule has 6 aromatic rings. The maximum Gasteiger partial charge on any atom is 0.165 e. The molecule has 2 aromatic heterocycles. The lowest BCUT2D eigenvalue weighted by Gasteiger charge is -2.27. The number of benzene rings is 4. The molecular weight excluding hydrogens is 452 g/mol. The van der Waals surface area contributed by atoms with E-state index in [0.29, 0.717) is 6.42 Å². The van der Waals surface area contributed by atoms with Crippen LogP contribution in [-0.4, -0.2) is 15.2 Å². The van der Waals surface area contributed by atoms with Crippen molar-refractivity contribution in [2.24, 2.45) is 0 Å². The summed E-state index contributed by atoms with van der Waals surface area (Å²) in [7, 11) is 0. The molecule has 1 atom stereocenters. The van der Waals surface area contributed by atoms with Gasteiger partial charge in [0.05, 0.1) is 11.4 Å². The Labute approximate surface area is 216 Å². The third-order valence-corrected chi connectivity index (χ3v) is 7.64. The largest absolute Gasteiger partial charge is 0.295 e. The number of ketones is 1. The zero-order chi connectivity index (χ0) is 24.9. The summed E-state index contributed by atoms with van der Waals surface area (Å²) in [6.45, 7) is 2.09. The molecule has 0 aliphatic heterocycles. The smallest absolute Gasteiger partial charge is 0.165 e. The van der Waals surface area contributed by atoms with E-state index >= 15 is 0 Å². The number of carbonyl (C=O) groups is 1. The molecule has 0 saturated heterocycles. The van der Waals surface area contributed by atoms with Crippen molar-refractivity contribution >= 4 is 22.2 Å². The van der Waals surface area contributed by atoms with E-state index in [2.05, 4.69) is 102 Å². The molecule has 0 fully saturated rings. The molecule has 1 unspecified atom stereocenters. The van der Waals surface area contributed by atoms with Crippen molar-refractivity contribution in [2.45, 2.75) is 25.7 Å². The molecule has 0 bridgehead atoms. The van der Waals surface area contributed by atoms with Crippen LogP contribution >= 0.6 is 0 Å². The SMILES string of the molecule is Cc1ccc2c(c1)c1c(n3c(-c4ccccc4)c(-c4ccccc4)nc23)CC(c2ccccc2)CC1=O. The first-order valence-electron chi connectivity index (χ1n) is 12.9. The fraction of sp³-hybridized carbons (Fsp3) is 0.118. The molecule has 0 amide bonds. The fourth-order valence-corrected chi connectivity index (χ4v) is 5.95. The van der Waals surface area contributed by atoms with Crippen LogP contribution in [0.2, 0.25) is 0 Å². The number of Topliss-reactive ketones (excluding diaryl/α,β-unsaturated/α-hetero) is 1. The number of imidazole rings is 1. The van der Waals surface area contributed by atoms with Crippen LogP contribution in [0, 0.1) is 6.92 Å². The Balaban J connectivity index is 1.63. The van der Waals surface area contributed by atoms with Crippen LogP contribution in [0.3, 0.4) is 0 Å². The molecule has 7 rings (SSSR count). The Morgan fingerprint density at radius 1 is 0.730 bits per heavy atom. The van der Waals surface area contributed by atoms with Crippen molar-refractivity contribution in [1.82, 2.24) is 9.38 Å². The number of aryl methyl sites for hydroxylation is 1. The van der Waals surface area contributed by atoms with Gasteiger partial charge in [0.2, 0.25) is 0 Å². The second kappa shape index (κ2) is 8.56. The molecule has 2 heterocycles. The highest BCUT2D eigenvalue weighted by Crippen LogP contribution is 2.42. The van der Waals surface area contributed by atoms with Gasteiger partial charge in [0.1, 0.15) is 5.65 Å². The van der Waals surface area contributed by atoms with Gasteiger partial charge in [-0.2, -0.15) is 0 Å². The molecule has 3 nitrogen and oxygen atoms in total. The minimum atomic E-state index is 0.137. The predicted octanol–water partition coefficient (Wildman–Crippen LogP) is 8.04. The van der Waals surface area contributed by atoms with Crippen molar-refractivity contribution in [3.05, 3.63) is 132 Å². The zero-order valence-electron chi connectivity index (χ0n) is 20.7. The highest BCUT2D eigenvalue weighted by Gasteiger charge is 2.32. The first kappa shape index (κ1) is 21.8. The predicted molar refractivity (Wildman–Crippen MR) is 150 cm³/mol. The van der Waals surface area contributed by atoms with Gasteiger partial charge in [-0.1, -0.05) is 115 Å². The van der Waals surface area contributed by atoms with Gasteiger partial charge < -0.3 is 0 Å². The first-order valence-corrected chi connectivity index (χ1v) is 12.9. The van der Waals surface area contributed by atoms with Gasteiger partial charge in [0.25, 0.3) is 0 Å². The van der Waals surface area contributed by atoms with Crippen LogP contribution in [0.1, 0.15) is 39.5 Å². The quantitative estimate of drug-likeness (QED) is 0.258. The topological polar surface area (TPSA) is 34.4 Å². The Morgan fingerprint density at radius 3 is 2.08 bits per heavy atom. The Kier molecular flexibility index (Phi) is 5.03. The maximum absolute atomic E-state index is 13.9. The van der Waals surface area contributed by atoms with E-state index in [1.807, 2.05) is 18.2 Å². The van der Waals surface area contributed by atoms with E-state index in [4.69, 9.17) is 4.98 Å². The molecule has 37 heavy (non-hydrogen) atoms. The first-order chi connectivity index (χ1) is 18.2. The summed E-state index contributed by atoms with van der Waals surface area (Å²) in [5, 5.41) is 2.04. The second-order valence-electron chi connectivity index (χ2n) is 10.0. The lowest BCUT2D eigenvalue weighted by Crippen LogP contribution is -2.22. The van der Waals surface area contributed by atoms with Crippen molar-refractivity contribution in [3.63, 3.8) is 0 Å². The molecule has 0 radical (unpaired) electrons. The van der Waals surface area contributed by atoms with Crippen molar-refractivity contribution in [3.8, 4) is 22.5 Å².